The molecule has 1 saturated carbocycles. The monoisotopic (exact) mass is 302 g/mol. The maximum atomic E-state index is 12.7. The summed E-state index contributed by atoms with van der Waals surface area (Å²) >= 11 is 0. The van der Waals surface area contributed by atoms with E-state index in [1.807, 2.05) is 24.1 Å². The van der Waals surface area contributed by atoms with Crippen LogP contribution in [-0.2, 0) is 11.2 Å². The number of likely N-dealkylation sites (N-methyl/N-ethyl adjacent to an activating group) is 1. The molecule has 0 aromatic carbocycles. The standard InChI is InChI=1S/C17H26N4O/c1-21(12-9-13-7-10-18-11-8-13)17(22)16-14-5-3-2-4-6-15(14)19-20-16/h7-8,10-11,14-16,19-20H,2-6,9,12H2,1H3. The second kappa shape index (κ2) is 7.20. The Kier molecular flexibility index (Phi) is 5.05. The molecule has 1 aromatic heterocycles. The van der Waals surface area contributed by atoms with Crippen LogP contribution < -0.4 is 10.9 Å². The molecule has 2 fully saturated rings. The Labute approximate surface area is 132 Å². The van der Waals surface area contributed by atoms with Gasteiger partial charge in [0.25, 0.3) is 0 Å². The van der Waals surface area contributed by atoms with Gasteiger partial charge >= 0.3 is 0 Å². The molecule has 0 radical (unpaired) electrons. The molecule has 22 heavy (non-hydrogen) atoms. The number of hydrogen-bond acceptors (Lipinski definition) is 4. The van der Waals surface area contributed by atoms with Gasteiger partial charge in [0.15, 0.2) is 0 Å². The summed E-state index contributed by atoms with van der Waals surface area (Å²) < 4.78 is 0. The van der Waals surface area contributed by atoms with Crippen LogP contribution in [0, 0.1) is 5.92 Å². The quantitative estimate of drug-likeness (QED) is 0.885. The fourth-order valence-electron chi connectivity index (χ4n) is 3.66. The van der Waals surface area contributed by atoms with E-state index in [2.05, 4.69) is 15.8 Å². The summed E-state index contributed by atoms with van der Waals surface area (Å²) in [6.45, 7) is 0.748. The van der Waals surface area contributed by atoms with Gasteiger partial charge in [0, 0.05) is 37.9 Å². The summed E-state index contributed by atoms with van der Waals surface area (Å²) in [6.07, 6.45) is 10.6. The fraction of sp³-hybridized carbons (Fsp3) is 0.647. The molecule has 0 bridgehead atoms. The lowest BCUT2D eigenvalue weighted by Crippen LogP contribution is -2.47. The van der Waals surface area contributed by atoms with Crippen molar-refractivity contribution in [2.24, 2.45) is 5.92 Å². The number of carbonyl (C=O) groups excluding carboxylic acids is 1. The van der Waals surface area contributed by atoms with Crippen molar-refractivity contribution in [1.82, 2.24) is 20.7 Å². The normalized spacial score (nSPS) is 28.0. The molecule has 3 rings (SSSR count). The van der Waals surface area contributed by atoms with Crippen molar-refractivity contribution in [3.8, 4) is 0 Å². The Hall–Kier alpha value is -1.46. The highest BCUT2D eigenvalue weighted by atomic mass is 16.2. The number of carbonyl (C=O) groups is 1. The van der Waals surface area contributed by atoms with E-state index in [0.717, 1.165) is 19.4 Å². The van der Waals surface area contributed by atoms with Crippen molar-refractivity contribution in [3.63, 3.8) is 0 Å². The van der Waals surface area contributed by atoms with Gasteiger partial charge in [-0.2, -0.15) is 0 Å². The minimum atomic E-state index is -0.0643. The smallest absolute Gasteiger partial charge is 0.241 e. The molecule has 5 heteroatoms. The third-order valence-corrected chi connectivity index (χ3v) is 5.05. The van der Waals surface area contributed by atoms with E-state index in [9.17, 15) is 4.79 Å². The third-order valence-electron chi connectivity index (χ3n) is 5.05. The van der Waals surface area contributed by atoms with Crippen molar-refractivity contribution in [1.29, 1.82) is 0 Å². The Morgan fingerprint density at radius 1 is 1.23 bits per heavy atom. The molecule has 1 amide bonds. The number of aromatic nitrogens is 1. The first-order valence-electron chi connectivity index (χ1n) is 8.40. The molecule has 2 heterocycles. The van der Waals surface area contributed by atoms with Gasteiger partial charge in [0.2, 0.25) is 5.91 Å². The summed E-state index contributed by atoms with van der Waals surface area (Å²) in [7, 11) is 1.91. The molecule has 1 aromatic rings. The lowest BCUT2D eigenvalue weighted by Gasteiger charge is -2.25. The van der Waals surface area contributed by atoms with Crippen molar-refractivity contribution >= 4 is 5.91 Å². The van der Waals surface area contributed by atoms with E-state index in [-0.39, 0.29) is 11.9 Å². The average molecular weight is 302 g/mol. The minimum absolute atomic E-state index is 0.0643. The molecule has 2 aliphatic rings. The molecule has 5 nitrogen and oxygen atoms in total. The molecule has 3 atom stereocenters. The first-order valence-corrected chi connectivity index (χ1v) is 8.40. The number of nitrogens with zero attached hydrogens (tertiary/aromatic N) is 2. The van der Waals surface area contributed by atoms with Crippen molar-refractivity contribution in [2.75, 3.05) is 13.6 Å². The number of rotatable bonds is 4. The Bertz CT molecular complexity index is 493. The number of fused-ring (bicyclic) bond motifs is 1. The van der Waals surface area contributed by atoms with Gasteiger partial charge in [-0.25, -0.2) is 5.43 Å². The predicted molar refractivity (Wildman–Crippen MR) is 86.0 cm³/mol. The van der Waals surface area contributed by atoms with Crippen LogP contribution in [0.3, 0.4) is 0 Å². The summed E-state index contributed by atoms with van der Waals surface area (Å²) in [4.78, 5) is 18.6. The highest BCUT2D eigenvalue weighted by molar-refractivity contribution is 5.82. The Morgan fingerprint density at radius 2 is 2.00 bits per heavy atom. The van der Waals surface area contributed by atoms with Crippen molar-refractivity contribution < 1.29 is 4.79 Å². The lowest BCUT2D eigenvalue weighted by molar-refractivity contribution is -0.132. The van der Waals surface area contributed by atoms with E-state index >= 15 is 0 Å². The average Bonchev–Trinajstić information content (AvgIpc) is 2.81. The molecule has 2 N–H and O–H groups in total. The molecular formula is C17H26N4O. The van der Waals surface area contributed by atoms with Gasteiger partial charge in [0.1, 0.15) is 6.04 Å². The summed E-state index contributed by atoms with van der Waals surface area (Å²) in [5.74, 6) is 0.661. The van der Waals surface area contributed by atoms with Crippen LogP contribution in [0.25, 0.3) is 0 Å². The number of pyridine rings is 1. The fourth-order valence-corrected chi connectivity index (χ4v) is 3.66. The first kappa shape index (κ1) is 15.4. The molecule has 1 aliphatic heterocycles. The highest BCUT2D eigenvalue weighted by Crippen LogP contribution is 2.29. The van der Waals surface area contributed by atoms with Crippen LogP contribution in [0.15, 0.2) is 24.5 Å². The maximum Gasteiger partial charge on any atom is 0.241 e. The van der Waals surface area contributed by atoms with E-state index in [4.69, 9.17) is 0 Å². The second-order valence-corrected chi connectivity index (χ2v) is 6.54. The number of hydrogen-bond donors (Lipinski definition) is 2. The van der Waals surface area contributed by atoms with Gasteiger partial charge in [-0.05, 0) is 37.0 Å². The highest BCUT2D eigenvalue weighted by Gasteiger charge is 2.41. The van der Waals surface area contributed by atoms with Crippen molar-refractivity contribution in [3.05, 3.63) is 30.1 Å². The Morgan fingerprint density at radius 3 is 2.82 bits per heavy atom. The number of nitrogens with one attached hydrogen (secondary N) is 2. The van der Waals surface area contributed by atoms with Gasteiger partial charge < -0.3 is 4.90 Å². The largest absolute Gasteiger partial charge is 0.344 e. The molecule has 120 valence electrons. The first-order chi connectivity index (χ1) is 10.8. The van der Waals surface area contributed by atoms with Crippen LogP contribution in [0.5, 0.6) is 0 Å². The molecular weight excluding hydrogens is 276 g/mol. The Balaban J connectivity index is 1.56. The van der Waals surface area contributed by atoms with E-state index in [0.29, 0.717) is 12.0 Å². The van der Waals surface area contributed by atoms with Gasteiger partial charge in [-0.1, -0.05) is 19.3 Å². The van der Waals surface area contributed by atoms with Gasteiger partial charge in [-0.15, -0.1) is 0 Å². The van der Waals surface area contributed by atoms with E-state index in [1.165, 1.54) is 31.2 Å². The molecule has 1 aliphatic carbocycles. The molecule has 3 unspecified atom stereocenters. The predicted octanol–water partition coefficient (Wildman–Crippen LogP) is 1.51. The van der Waals surface area contributed by atoms with Gasteiger partial charge in [-0.3, -0.25) is 15.2 Å². The zero-order valence-corrected chi connectivity index (χ0v) is 13.3. The molecule has 0 spiro atoms. The van der Waals surface area contributed by atoms with E-state index in [1.54, 1.807) is 12.4 Å². The second-order valence-electron chi connectivity index (χ2n) is 6.54. The van der Waals surface area contributed by atoms with Crippen LogP contribution in [-0.4, -0.2) is 41.5 Å². The van der Waals surface area contributed by atoms with Gasteiger partial charge in [0.05, 0.1) is 0 Å². The molecule has 1 saturated heterocycles. The lowest BCUT2D eigenvalue weighted by atomic mass is 9.89. The van der Waals surface area contributed by atoms with E-state index < -0.39 is 0 Å². The number of hydrazine groups is 1. The summed E-state index contributed by atoms with van der Waals surface area (Å²) in [5.41, 5.74) is 7.83. The summed E-state index contributed by atoms with van der Waals surface area (Å²) in [5, 5.41) is 0. The van der Waals surface area contributed by atoms with Crippen LogP contribution in [0.1, 0.15) is 37.7 Å². The zero-order chi connectivity index (χ0) is 15.4. The minimum Gasteiger partial charge on any atom is -0.344 e. The van der Waals surface area contributed by atoms with Crippen LogP contribution in [0.2, 0.25) is 0 Å². The number of amides is 1. The van der Waals surface area contributed by atoms with Crippen LogP contribution in [0.4, 0.5) is 0 Å². The maximum absolute atomic E-state index is 12.7. The SMILES string of the molecule is CN(CCc1ccncc1)C(=O)C1NNC2CCCCCC21. The van der Waals surface area contributed by atoms with Crippen molar-refractivity contribution in [2.45, 2.75) is 50.6 Å². The zero-order valence-electron chi connectivity index (χ0n) is 13.3. The summed E-state index contributed by atoms with van der Waals surface area (Å²) in [6, 6.07) is 4.42. The van der Waals surface area contributed by atoms with Crippen LogP contribution >= 0.6 is 0 Å². The third kappa shape index (κ3) is 3.47. The topological polar surface area (TPSA) is 57.3 Å².